The van der Waals surface area contributed by atoms with E-state index in [-0.39, 0.29) is 0 Å². The zero-order valence-corrected chi connectivity index (χ0v) is 13.6. The fourth-order valence-electron chi connectivity index (χ4n) is 2.85. The lowest BCUT2D eigenvalue weighted by atomic mass is 10.2. The van der Waals surface area contributed by atoms with Crippen molar-refractivity contribution in [3.05, 3.63) is 11.7 Å². The Kier molecular flexibility index (Phi) is 4.20. The van der Waals surface area contributed by atoms with E-state index in [1.165, 1.54) is 19.3 Å². The molecule has 3 atom stereocenters. The number of hydrogen-bond acceptors (Lipinski definition) is 5. The van der Waals surface area contributed by atoms with Crippen LogP contribution in [0.4, 0.5) is 0 Å². The zero-order valence-electron chi connectivity index (χ0n) is 13.6. The molecule has 0 radical (unpaired) electrons. The number of aliphatic imine (C=N–C) groups is 1. The lowest BCUT2D eigenvalue weighted by Crippen LogP contribution is -2.42. The van der Waals surface area contributed by atoms with Gasteiger partial charge in [0.05, 0.1) is 6.10 Å². The quantitative estimate of drug-likeness (QED) is 0.611. The number of hydrogen-bond donors (Lipinski definition) is 2. The molecule has 0 amide bonds. The first kappa shape index (κ1) is 14.9. The Bertz CT molecular complexity index is 563. The van der Waals surface area contributed by atoms with E-state index in [0.29, 0.717) is 30.5 Å². The zero-order chi connectivity index (χ0) is 15.6. The summed E-state index contributed by atoms with van der Waals surface area (Å²) in [4.78, 5) is 9.03. The maximum Gasteiger partial charge on any atom is 0.248 e. The molecule has 2 aliphatic carbocycles. The Labute approximate surface area is 136 Å². The van der Waals surface area contributed by atoms with Crippen molar-refractivity contribution in [1.29, 1.82) is 0 Å². The summed E-state index contributed by atoms with van der Waals surface area (Å²) < 4.78 is 10.9. The summed E-state index contributed by atoms with van der Waals surface area (Å²) in [6.07, 6.45) is 6.12. The van der Waals surface area contributed by atoms with Gasteiger partial charge in [-0.25, -0.2) is 4.99 Å². The highest BCUT2D eigenvalue weighted by molar-refractivity contribution is 5.80. The molecule has 0 unspecified atom stereocenters. The van der Waals surface area contributed by atoms with Crippen molar-refractivity contribution in [1.82, 2.24) is 20.8 Å². The Hall–Kier alpha value is -1.63. The molecule has 2 saturated carbocycles. The van der Waals surface area contributed by atoms with Crippen molar-refractivity contribution >= 4 is 5.96 Å². The molecule has 2 N–H and O–H groups in total. The normalized spacial score (nSPS) is 30.5. The molecule has 1 aromatic rings. The minimum atomic E-state index is 0.295. The topological polar surface area (TPSA) is 84.6 Å². The van der Waals surface area contributed by atoms with Crippen LogP contribution >= 0.6 is 0 Å². The highest BCUT2D eigenvalue weighted by Crippen LogP contribution is 2.38. The van der Waals surface area contributed by atoms with Crippen molar-refractivity contribution in [3.8, 4) is 0 Å². The molecule has 7 heteroatoms. The molecule has 0 aromatic carbocycles. The third-order valence-electron chi connectivity index (χ3n) is 4.75. The number of guanidine groups is 1. The van der Waals surface area contributed by atoms with Gasteiger partial charge in [0.1, 0.15) is 6.54 Å². The van der Waals surface area contributed by atoms with Crippen molar-refractivity contribution in [2.75, 3.05) is 13.2 Å². The molecule has 7 nitrogen and oxygen atoms in total. The number of aromatic nitrogens is 2. The van der Waals surface area contributed by atoms with Gasteiger partial charge in [-0.15, -0.1) is 0 Å². The van der Waals surface area contributed by atoms with Gasteiger partial charge in [0, 0.05) is 25.1 Å². The third kappa shape index (κ3) is 4.02. The second kappa shape index (κ2) is 6.47. The first-order valence-corrected chi connectivity index (χ1v) is 8.77. The van der Waals surface area contributed by atoms with Crippen LogP contribution in [0.5, 0.6) is 0 Å². The predicted molar refractivity (Wildman–Crippen MR) is 85.1 cm³/mol. The van der Waals surface area contributed by atoms with Gasteiger partial charge in [0.2, 0.25) is 5.89 Å². The second-order valence-corrected chi connectivity index (χ2v) is 6.97. The van der Waals surface area contributed by atoms with E-state index in [0.717, 1.165) is 43.7 Å². The van der Waals surface area contributed by atoms with Gasteiger partial charge in [-0.05, 0) is 38.0 Å². The van der Waals surface area contributed by atoms with Crippen LogP contribution in [0.25, 0.3) is 0 Å². The summed E-state index contributed by atoms with van der Waals surface area (Å²) in [5, 5.41) is 10.9. The number of rotatable bonds is 6. The Morgan fingerprint density at radius 3 is 2.91 bits per heavy atom. The Morgan fingerprint density at radius 2 is 2.22 bits per heavy atom. The molecule has 0 spiro atoms. The Morgan fingerprint density at radius 1 is 1.35 bits per heavy atom. The van der Waals surface area contributed by atoms with Crippen LogP contribution in [0, 0.1) is 5.92 Å². The molecule has 1 aromatic heterocycles. The Balaban J connectivity index is 1.33. The SMILES string of the molecule is C[C@@H]1C[C@@H]1NC(=NCc1nc(C2CC2)no1)NC[C@@H]1CCCO1. The molecule has 126 valence electrons. The highest BCUT2D eigenvalue weighted by Gasteiger charge is 2.33. The van der Waals surface area contributed by atoms with Crippen LogP contribution in [0.15, 0.2) is 9.52 Å². The van der Waals surface area contributed by atoms with Crippen LogP contribution in [-0.2, 0) is 11.3 Å². The number of nitrogens with zero attached hydrogens (tertiary/aromatic N) is 3. The molecule has 23 heavy (non-hydrogen) atoms. The average Bonchev–Trinajstić information content (AvgIpc) is 3.39. The molecule has 2 heterocycles. The van der Waals surface area contributed by atoms with Gasteiger partial charge in [-0.1, -0.05) is 12.1 Å². The molecule has 4 rings (SSSR count). The lowest BCUT2D eigenvalue weighted by Gasteiger charge is -2.15. The standard InChI is InChI=1S/C16H25N5O2/c1-10-7-13(10)19-16(17-8-12-3-2-6-22-12)18-9-14-20-15(21-23-14)11-4-5-11/h10-13H,2-9H2,1H3,(H2,17,18,19)/t10-,12+,13+/m1/s1. The molecule has 1 aliphatic heterocycles. The van der Waals surface area contributed by atoms with Gasteiger partial charge < -0.3 is 19.9 Å². The number of nitrogens with one attached hydrogen (secondary N) is 2. The first-order valence-electron chi connectivity index (χ1n) is 8.77. The van der Waals surface area contributed by atoms with Crippen LogP contribution in [0.1, 0.15) is 56.7 Å². The monoisotopic (exact) mass is 319 g/mol. The van der Waals surface area contributed by atoms with Gasteiger partial charge in [-0.2, -0.15) is 4.98 Å². The second-order valence-electron chi connectivity index (χ2n) is 6.97. The smallest absolute Gasteiger partial charge is 0.248 e. The number of ether oxygens (including phenoxy) is 1. The maximum atomic E-state index is 5.66. The molecule has 3 aliphatic rings. The average molecular weight is 319 g/mol. The van der Waals surface area contributed by atoms with Crippen LogP contribution in [0.3, 0.4) is 0 Å². The maximum absolute atomic E-state index is 5.66. The van der Waals surface area contributed by atoms with Gasteiger partial charge in [0.15, 0.2) is 11.8 Å². The van der Waals surface area contributed by atoms with Crippen LogP contribution in [0.2, 0.25) is 0 Å². The minimum Gasteiger partial charge on any atom is -0.376 e. The fraction of sp³-hybridized carbons (Fsp3) is 0.812. The van der Waals surface area contributed by atoms with E-state index in [2.05, 4.69) is 32.7 Å². The molecule has 1 saturated heterocycles. The first-order chi connectivity index (χ1) is 11.3. The summed E-state index contributed by atoms with van der Waals surface area (Å²) in [6.45, 7) is 4.33. The van der Waals surface area contributed by atoms with Crippen molar-refractivity contribution in [2.45, 2.75) is 63.6 Å². The summed E-state index contributed by atoms with van der Waals surface area (Å²) in [5.74, 6) is 3.48. The van der Waals surface area contributed by atoms with Crippen LogP contribution in [-0.4, -0.2) is 41.4 Å². The minimum absolute atomic E-state index is 0.295. The summed E-state index contributed by atoms with van der Waals surface area (Å²) in [6, 6.07) is 0.524. The molecule has 0 bridgehead atoms. The van der Waals surface area contributed by atoms with E-state index in [9.17, 15) is 0 Å². The van der Waals surface area contributed by atoms with Crippen LogP contribution < -0.4 is 10.6 Å². The lowest BCUT2D eigenvalue weighted by molar-refractivity contribution is 0.113. The van der Waals surface area contributed by atoms with Gasteiger partial charge in [0.25, 0.3) is 0 Å². The largest absolute Gasteiger partial charge is 0.376 e. The van der Waals surface area contributed by atoms with E-state index < -0.39 is 0 Å². The summed E-state index contributed by atoms with van der Waals surface area (Å²) in [5.41, 5.74) is 0. The molecular formula is C16H25N5O2. The van der Waals surface area contributed by atoms with E-state index in [1.807, 2.05) is 0 Å². The fourth-order valence-corrected chi connectivity index (χ4v) is 2.85. The van der Waals surface area contributed by atoms with Gasteiger partial charge >= 0.3 is 0 Å². The van der Waals surface area contributed by atoms with E-state index in [4.69, 9.17) is 9.26 Å². The molecule has 3 fully saturated rings. The van der Waals surface area contributed by atoms with Crippen molar-refractivity contribution in [2.24, 2.45) is 10.9 Å². The summed E-state index contributed by atoms with van der Waals surface area (Å²) in [7, 11) is 0. The highest BCUT2D eigenvalue weighted by atomic mass is 16.5. The molecular weight excluding hydrogens is 294 g/mol. The van der Waals surface area contributed by atoms with E-state index >= 15 is 0 Å². The predicted octanol–water partition coefficient (Wildman–Crippen LogP) is 1.57. The van der Waals surface area contributed by atoms with Gasteiger partial charge in [-0.3, -0.25) is 0 Å². The third-order valence-corrected chi connectivity index (χ3v) is 4.75. The van der Waals surface area contributed by atoms with Crippen molar-refractivity contribution in [3.63, 3.8) is 0 Å². The van der Waals surface area contributed by atoms with Crippen molar-refractivity contribution < 1.29 is 9.26 Å². The summed E-state index contributed by atoms with van der Waals surface area (Å²) >= 11 is 0. The van der Waals surface area contributed by atoms with E-state index in [1.54, 1.807) is 0 Å².